The van der Waals surface area contributed by atoms with Crippen LogP contribution in [0.5, 0.6) is 0 Å². The molecule has 19 heavy (non-hydrogen) atoms. The molecule has 0 saturated carbocycles. The van der Waals surface area contributed by atoms with Gasteiger partial charge in [0, 0.05) is 6.54 Å². The van der Waals surface area contributed by atoms with Crippen LogP contribution in [0.15, 0.2) is 12.1 Å². The summed E-state index contributed by atoms with van der Waals surface area (Å²) in [5.41, 5.74) is 8.01. The third kappa shape index (κ3) is 5.09. The summed E-state index contributed by atoms with van der Waals surface area (Å²) in [6.07, 6.45) is 4.96. The molecular weight excluding hydrogens is 239 g/mol. The number of hydrogen-bond donors (Lipinski definition) is 2. The average molecular weight is 266 g/mol. The molecule has 0 saturated heterocycles. The molecule has 0 amide bonds. The van der Waals surface area contributed by atoms with E-state index in [1.807, 2.05) is 0 Å². The van der Waals surface area contributed by atoms with E-state index in [0.29, 0.717) is 11.3 Å². The van der Waals surface area contributed by atoms with Crippen LogP contribution in [0.2, 0.25) is 0 Å². The number of benzene rings is 1. The van der Waals surface area contributed by atoms with Gasteiger partial charge in [-0.3, -0.25) is 0 Å². The van der Waals surface area contributed by atoms with Crippen LogP contribution in [-0.4, -0.2) is 6.54 Å². The van der Waals surface area contributed by atoms with Gasteiger partial charge >= 0.3 is 0 Å². The Kier molecular flexibility index (Phi) is 5.64. The zero-order chi connectivity index (χ0) is 14.5. The van der Waals surface area contributed by atoms with E-state index in [9.17, 15) is 4.39 Å². The van der Waals surface area contributed by atoms with Crippen molar-refractivity contribution in [1.82, 2.24) is 0 Å². The summed E-state index contributed by atoms with van der Waals surface area (Å²) in [6.45, 7) is 9.33. The third-order valence-electron chi connectivity index (χ3n) is 3.55. The molecule has 0 unspecified atom stereocenters. The highest BCUT2D eigenvalue weighted by atomic mass is 19.1. The highest BCUT2D eigenvalue weighted by Crippen LogP contribution is 2.27. The fourth-order valence-electron chi connectivity index (χ4n) is 2.13. The van der Waals surface area contributed by atoms with Crippen molar-refractivity contribution < 1.29 is 4.39 Å². The molecule has 0 atom stereocenters. The maximum absolute atomic E-state index is 13.3. The monoisotopic (exact) mass is 266 g/mol. The molecule has 0 radical (unpaired) electrons. The molecule has 1 aromatic carbocycles. The summed E-state index contributed by atoms with van der Waals surface area (Å²) >= 11 is 0. The van der Waals surface area contributed by atoms with Crippen LogP contribution >= 0.6 is 0 Å². The maximum Gasteiger partial charge on any atom is 0.128 e. The lowest BCUT2D eigenvalue weighted by Crippen LogP contribution is -2.23. The molecule has 2 nitrogen and oxygen atoms in total. The summed E-state index contributed by atoms with van der Waals surface area (Å²) in [7, 11) is 0. The number of halogens is 1. The van der Waals surface area contributed by atoms with Crippen LogP contribution in [0, 0.1) is 18.2 Å². The molecular formula is C16H27FN2. The average Bonchev–Trinajstić information content (AvgIpc) is 2.32. The molecule has 0 aliphatic heterocycles. The van der Waals surface area contributed by atoms with E-state index in [2.05, 4.69) is 26.1 Å². The lowest BCUT2D eigenvalue weighted by Gasteiger charge is -2.26. The first kappa shape index (κ1) is 15.8. The highest BCUT2D eigenvalue weighted by Gasteiger charge is 2.17. The fourth-order valence-corrected chi connectivity index (χ4v) is 2.13. The second-order valence-electron chi connectivity index (χ2n) is 6.16. The van der Waals surface area contributed by atoms with Crippen molar-refractivity contribution in [3.8, 4) is 0 Å². The molecule has 0 aromatic heterocycles. The van der Waals surface area contributed by atoms with Crippen molar-refractivity contribution >= 4 is 11.4 Å². The fraction of sp³-hybridized carbons (Fsp3) is 0.625. The highest BCUT2D eigenvalue weighted by molar-refractivity contribution is 5.67. The molecule has 0 aliphatic carbocycles. The van der Waals surface area contributed by atoms with Gasteiger partial charge in [-0.1, -0.05) is 40.0 Å². The van der Waals surface area contributed by atoms with Gasteiger partial charge in [-0.25, -0.2) is 4.39 Å². The number of unbranched alkanes of at least 4 members (excludes halogenated alkanes) is 2. The van der Waals surface area contributed by atoms with Crippen molar-refractivity contribution in [2.75, 3.05) is 17.6 Å². The molecule has 0 heterocycles. The molecule has 3 heteroatoms. The summed E-state index contributed by atoms with van der Waals surface area (Å²) in [4.78, 5) is 0. The van der Waals surface area contributed by atoms with E-state index in [-0.39, 0.29) is 11.2 Å². The first-order valence-corrected chi connectivity index (χ1v) is 7.15. The minimum atomic E-state index is -0.245. The van der Waals surface area contributed by atoms with Gasteiger partial charge in [0.1, 0.15) is 5.82 Å². The van der Waals surface area contributed by atoms with E-state index in [4.69, 9.17) is 5.73 Å². The molecule has 3 N–H and O–H groups in total. The molecule has 108 valence electrons. The van der Waals surface area contributed by atoms with Crippen molar-refractivity contribution in [2.24, 2.45) is 5.41 Å². The van der Waals surface area contributed by atoms with Gasteiger partial charge in [0.15, 0.2) is 0 Å². The van der Waals surface area contributed by atoms with E-state index in [1.165, 1.54) is 31.7 Å². The lowest BCUT2D eigenvalue weighted by atomic mass is 9.87. The van der Waals surface area contributed by atoms with Gasteiger partial charge in [0.2, 0.25) is 0 Å². The maximum atomic E-state index is 13.3. The molecule has 0 aliphatic rings. The van der Waals surface area contributed by atoms with E-state index in [0.717, 1.165) is 12.2 Å². The number of nitrogens with one attached hydrogen (secondary N) is 1. The topological polar surface area (TPSA) is 38.0 Å². The lowest BCUT2D eigenvalue weighted by molar-refractivity contribution is 0.342. The first-order chi connectivity index (χ1) is 8.85. The first-order valence-electron chi connectivity index (χ1n) is 7.15. The molecule has 1 aromatic rings. The predicted octanol–water partition coefficient (Wildman–Crippen LogP) is 4.73. The minimum absolute atomic E-state index is 0.226. The minimum Gasteiger partial charge on any atom is -0.397 e. The largest absolute Gasteiger partial charge is 0.397 e. The predicted molar refractivity (Wildman–Crippen MR) is 82.0 cm³/mol. The van der Waals surface area contributed by atoms with Crippen LogP contribution in [0.4, 0.5) is 15.8 Å². The van der Waals surface area contributed by atoms with Crippen LogP contribution in [0.1, 0.15) is 52.0 Å². The molecule has 0 fully saturated rings. The van der Waals surface area contributed by atoms with Gasteiger partial charge < -0.3 is 11.1 Å². The number of hydrogen-bond acceptors (Lipinski definition) is 2. The van der Waals surface area contributed by atoms with Gasteiger partial charge in [-0.2, -0.15) is 0 Å². The Balaban J connectivity index is 2.58. The van der Waals surface area contributed by atoms with E-state index < -0.39 is 0 Å². The van der Waals surface area contributed by atoms with E-state index >= 15 is 0 Å². The molecule has 1 rings (SSSR count). The van der Waals surface area contributed by atoms with Gasteiger partial charge in [-0.15, -0.1) is 0 Å². The zero-order valence-electron chi connectivity index (χ0n) is 12.6. The summed E-state index contributed by atoms with van der Waals surface area (Å²) in [5, 5.41) is 3.36. The number of nitrogen functional groups attached to an aromatic ring is 1. The van der Waals surface area contributed by atoms with E-state index in [1.54, 1.807) is 13.0 Å². The SMILES string of the molecule is CCCCCC(C)(C)CNc1cc(C)c(F)cc1N. The number of aryl methyl sites for hydroxylation is 1. The Morgan fingerprint density at radius 2 is 1.95 bits per heavy atom. The number of rotatable bonds is 7. The van der Waals surface area contributed by atoms with Crippen LogP contribution in [-0.2, 0) is 0 Å². The van der Waals surface area contributed by atoms with Crippen molar-refractivity contribution in [3.63, 3.8) is 0 Å². The standard InChI is InChI=1S/C16H27FN2/c1-5-6-7-8-16(3,4)11-19-15-9-12(2)13(17)10-14(15)18/h9-10,19H,5-8,11,18H2,1-4H3. The van der Waals surface area contributed by atoms with Gasteiger partial charge in [-0.05, 0) is 36.5 Å². The van der Waals surface area contributed by atoms with Crippen molar-refractivity contribution in [3.05, 3.63) is 23.5 Å². The zero-order valence-corrected chi connectivity index (χ0v) is 12.6. The Morgan fingerprint density at radius 3 is 2.58 bits per heavy atom. The summed E-state index contributed by atoms with van der Waals surface area (Å²) in [6, 6.07) is 3.18. The Hall–Kier alpha value is -1.25. The Labute approximate surface area is 116 Å². The smallest absolute Gasteiger partial charge is 0.128 e. The van der Waals surface area contributed by atoms with Crippen molar-refractivity contribution in [1.29, 1.82) is 0 Å². The van der Waals surface area contributed by atoms with Crippen LogP contribution in [0.25, 0.3) is 0 Å². The second-order valence-corrected chi connectivity index (χ2v) is 6.16. The quantitative estimate of drug-likeness (QED) is 0.553. The van der Waals surface area contributed by atoms with Crippen LogP contribution < -0.4 is 11.1 Å². The summed E-state index contributed by atoms with van der Waals surface area (Å²) in [5.74, 6) is -0.245. The number of nitrogens with two attached hydrogens (primary N) is 1. The Bertz CT molecular complexity index is 413. The normalized spacial score (nSPS) is 11.6. The second kappa shape index (κ2) is 6.78. The van der Waals surface area contributed by atoms with Gasteiger partial charge in [0.05, 0.1) is 11.4 Å². The third-order valence-corrected chi connectivity index (χ3v) is 3.55. The van der Waals surface area contributed by atoms with Crippen LogP contribution in [0.3, 0.4) is 0 Å². The molecule has 0 bridgehead atoms. The van der Waals surface area contributed by atoms with Gasteiger partial charge in [0.25, 0.3) is 0 Å². The summed E-state index contributed by atoms with van der Waals surface area (Å²) < 4.78 is 13.3. The van der Waals surface area contributed by atoms with Crippen molar-refractivity contribution in [2.45, 2.75) is 53.4 Å². The number of anilines is 2. The molecule has 0 spiro atoms. The Morgan fingerprint density at radius 1 is 1.26 bits per heavy atom.